The largest absolute Gasteiger partial charge is 0.507 e. The van der Waals surface area contributed by atoms with E-state index in [-0.39, 0.29) is 42.3 Å². The summed E-state index contributed by atoms with van der Waals surface area (Å²) in [6, 6.07) is 15.8. The minimum atomic E-state index is -0.738. The molecular weight excluding hydrogens is 579 g/mol. The number of phenolic OH excluding ortho intramolecular Hbond substituents is 1. The van der Waals surface area contributed by atoms with Crippen molar-refractivity contribution in [1.29, 1.82) is 5.26 Å². The first-order chi connectivity index (χ1) is 21.9. The highest BCUT2D eigenvalue weighted by Crippen LogP contribution is 2.42. The molecule has 3 atom stereocenters. The molecule has 3 aliphatic heterocycles. The molecule has 4 heterocycles. The van der Waals surface area contributed by atoms with Crippen LogP contribution in [-0.2, 0) is 17.8 Å². The van der Waals surface area contributed by atoms with E-state index in [1.807, 2.05) is 35.2 Å². The van der Waals surface area contributed by atoms with Crippen LogP contribution in [0.25, 0.3) is 0 Å². The molecule has 2 aromatic carbocycles. The molecule has 0 radical (unpaired) electrons. The van der Waals surface area contributed by atoms with E-state index in [0.29, 0.717) is 44.9 Å². The summed E-state index contributed by atoms with van der Waals surface area (Å²) >= 11 is 0. The Hall–Kier alpha value is -4.63. The third kappa shape index (κ3) is 6.73. The molecule has 6 rings (SSSR count). The third-order valence-electron chi connectivity index (χ3n) is 8.81. The molecule has 12 heteroatoms. The van der Waals surface area contributed by atoms with Gasteiger partial charge < -0.3 is 34.0 Å². The number of halogens is 1. The van der Waals surface area contributed by atoms with E-state index in [2.05, 4.69) is 23.0 Å². The molecule has 0 spiro atoms. The van der Waals surface area contributed by atoms with Gasteiger partial charge in [0.1, 0.15) is 36.7 Å². The van der Waals surface area contributed by atoms with Crippen molar-refractivity contribution in [3.8, 4) is 23.7 Å². The summed E-state index contributed by atoms with van der Waals surface area (Å²) in [4.78, 5) is 28.4. The van der Waals surface area contributed by atoms with Gasteiger partial charge in [-0.3, -0.25) is 0 Å². The van der Waals surface area contributed by atoms with E-state index < -0.39 is 24.1 Å². The van der Waals surface area contributed by atoms with Crippen molar-refractivity contribution >= 4 is 11.9 Å². The second-order valence-electron chi connectivity index (χ2n) is 11.7. The smallest absolute Gasteiger partial charge is 0.410 e. The minimum absolute atomic E-state index is 0.0927. The van der Waals surface area contributed by atoms with Crippen LogP contribution in [0.15, 0.2) is 48.5 Å². The average molecular weight is 617 g/mol. The Balaban J connectivity index is 1.25. The molecule has 1 aromatic heterocycles. The number of nitrogens with zero attached hydrogens (tertiary/aromatic N) is 6. The summed E-state index contributed by atoms with van der Waals surface area (Å²) in [5.41, 5.74) is 1.71. The highest BCUT2D eigenvalue weighted by atomic mass is 19.1. The van der Waals surface area contributed by atoms with Crippen LogP contribution >= 0.6 is 0 Å². The van der Waals surface area contributed by atoms with Gasteiger partial charge in [0.2, 0.25) is 5.88 Å². The Morgan fingerprint density at radius 2 is 1.96 bits per heavy atom. The van der Waals surface area contributed by atoms with Gasteiger partial charge in [-0.2, -0.15) is 15.2 Å². The van der Waals surface area contributed by atoms with E-state index in [1.165, 1.54) is 18.2 Å². The van der Waals surface area contributed by atoms with E-state index >= 15 is 0 Å². The van der Waals surface area contributed by atoms with Crippen molar-refractivity contribution in [2.45, 2.75) is 56.9 Å². The number of piperazine rings is 1. The van der Waals surface area contributed by atoms with Crippen molar-refractivity contribution in [3.05, 3.63) is 71.0 Å². The fourth-order valence-corrected chi connectivity index (χ4v) is 6.32. The van der Waals surface area contributed by atoms with E-state index in [0.717, 1.165) is 30.5 Å². The molecule has 236 valence electrons. The summed E-state index contributed by atoms with van der Waals surface area (Å²) in [5.74, 6) is 0.155. The number of ether oxygens (including phenoxy) is 3. The lowest BCUT2D eigenvalue weighted by Crippen LogP contribution is -2.55. The molecule has 0 aliphatic carbocycles. The van der Waals surface area contributed by atoms with Crippen LogP contribution in [0.4, 0.5) is 15.0 Å². The van der Waals surface area contributed by atoms with Crippen LogP contribution in [0.5, 0.6) is 17.6 Å². The SMILES string of the molecule is CN1CCC[C@H]1COc1nc2c(c(N3CCN(C(=O)OCc4ccccc4)[C@@H](CC#N)C3)n1)CCC(c1c(O)cccc1F)O2. The molecule has 0 saturated carbocycles. The Morgan fingerprint density at radius 1 is 1.11 bits per heavy atom. The Morgan fingerprint density at radius 3 is 2.71 bits per heavy atom. The highest BCUT2D eigenvalue weighted by molar-refractivity contribution is 5.69. The van der Waals surface area contributed by atoms with Crippen LogP contribution < -0.4 is 14.4 Å². The second-order valence-corrected chi connectivity index (χ2v) is 11.7. The molecule has 2 fully saturated rings. The summed E-state index contributed by atoms with van der Waals surface area (Å²) in [5, 5.41) is 20.1. The van der Waals surface area contributed by atoms with Crippen LogP contribution in [0.1, 0.15) is 48.5 Å². The van der Waals surface area contributed by atoms with E-state index in [4.69, 9.17) is 19.2 Å². The molecule has 0 bridgehead atoms. The predicted octanol–water partition coefficient (Wildman–Crippen LogP) is 4.60. The maximum Gasteiger partial charge on any atom is 0.410 e. The van der Waals surface area contributed by atoms with Gasteiger partial charge >= 0.3 is 12.1 Å². The number of carbonyl (C=O) groups is 1. The van der Waals surface area contributed by atoms with Gasteiger partial charge in [-0.1, -0.05) is 36.4 Å². The number of aromatic nitrogens is 2. The van der Waals surface area contributed by atoms with E-state index in [1.54, 1.807) is 4.90 Å². The van der Waals surface area contributed by atoms with Crippen molar-refractivity contribution in [3.63, 3.8) is 0 Å². The van der Waals surface area contributed by atoms with Gasteiger partial charge in [0.15, 0.2) is 0 Å². The average Bonchev–Trinajstić information content (AvgIpc) is 3.47. The molecule has 3 aliphatic rings. The molecule has 45 heavy (non-hydrogen) atoms. The summed E-state index contributed by atoms with van der Waals surface area (Å²) < 4.78 is 32.7. The van der Waals surface area contributed by atoms with Crippen molar-refractivity contribution in [2.24, 2.45) is 0 Å². The monoisotopic (exact) mass is 616 g/mol. The van der Waals surface area contributed by atoms with E-state index in [9.17, 15) is 19.6 Å². The lowest BCUT2D eigenvalue weighted by atomic mass is 9.97. The maximum atomic E-state index is 14.8. The van der Waals surface area contributed by atoms with Gasteiger partial charge in [0.25, 0.3) is 0 Å². The number of hydrogen-bond acceptors (Lipinski definition) is 10. The number of nitriles is 1. The highest BCUT2D eigenvalue weighted by Gasteiger charge is 2.36. The molecule has 11 nitrogen and oxygen atoms in total. The second kappa shape index (κ2) is 13.6. The number of likely N-dealkylation sites (N-methyl/N-ethyl adjacent to an activating group) is 1. The number of rotatable bonds is 8. The quantitative estimate of drug-likeness (QED) is 0.384. The summed E-state index contributed by atoms with van der Waals surface area (Å²) in [6.45, 7) is 2.66. The number of likely N-dealkylation sites (tertiary alicyclic amines) is 1. The fraction of sp³-hybridized carbons (Fsp3) is 0.455. The number of amides is 1. The maximum absolute atomic E-state index is 14.8. The number of carbonyl (C=O) groups excluding carboxylic acids is 1. The molecular formula is C33H37FN6O5. The lowest BCUT2D eigenvalue weighted by molar-refractivity contribution is 0.0766. The number of anilines is 1. The Labute approximate surface area is 261 Å². The zero-order valence-corrected chi connectivity index (χ0v) is 25.3. The predicted molar refractivity (Wildman–Crippen MR) is 162 cm³/mol. The zero-order chi connectivity index (χ0) is 31.3. The number of aromatic hydroxyl groups is 1. The Kier molecular flexibility index (Phi) is 9.16. The van der Waals surface area contributed by atoms with Gasteiger partial charge in [-0.25, -0.2) is 9.18 Å². The van der Waals surface area contributed by atoms with Gasteiger partial charge in [-0.05, 0) is 57.0 Å². The number of phenols is 1. The number of benzene rings is 2. The van der Waals surface area contributed by atoms with Crippen molar-refractivity contribution < 1.29 is 28.5 Å². The molecule has 3 aromatic rings. The molecule has 2 saturated heterocycles. The van der Waals surface area contributed by atoms with Crippen LogP contribution in [-0.4, -0.2) is 82.9 Å². The lowest BCUT2D eigenvalue weighted by Gasteiger charge is -2.41. The van der Waals surface area contributed by atoms with Gasteiger partial charge in [0.05, 0.1) is 29.7 Å². The standard InChI is InChI=1S/C33H37FN6O5/c1-38-16-6-9-24(38)21-43-32-36-30(25-12-13-28(45-31(25)37-32)29-26(34)10-5-11-27(29)41)39-17-18-40(23(19-39)14-15-35)33(42)44-20-22-7-3-2-4-8-22/h2-5,7-8,10-11,23-24,28,41H,6,9,12-14,16-21H2,1H3/t23-,24-,28?/m0/s1. The first-order valence-corrected chi connectivity index (χ1v) is 15.4. The molecule has 1 unspecified atom stereocenters. The van der Waals surface area contributed by atoms with Crippen LogP contribution in [0, 0.1) is 17.1 Å². The van der Waals surface area contributed by atoms with Crippen LogP contribution in [0.3, 0.4) is 0 Å². The zero-order valence-electron chi connectivity index (χ0n) is 25.3. The third-order valence-corrected chi connectivity index (χ3v) is 8.81. The number of fused-ring (bicyclic) bond motifs is 1. The number of hydrogen-bond donors (Lipinski definition) is 1. The minimum Gasteiger partial charge on any atom is -0.507 e. The van der Waals surface area contributed by atoms with Gasteiger partial charge in [0, 0.05) is 25.7 Å². The van der Waals surface area contributed by atoms with Crippen LogP contribution in [0.2, 0.25) is 0 Å². The van der Waals surface area contributed by atoms with Crippen molar-refractivity contribution in [2.75, 3.05) is 44.7 Å². The topological polar surface area (TPSA) is 124 Å². The first-order valence-electron chi connectivity index (χ1n) is 15.4. The summed E-state index contributed by atoms with van der Waals surface area (Å²) in [6.07, 6.45) is 1.89. The first kappa shape index (κ1) is 30.4. The van der Waals surface area contributed by atoms with Gasteiger partial charge in [-0.15, -0.1) is 0 Å². The van der Waals surface area contributed by atoms with Crippen molar-refractivity contribution in [1.82, 2.24) is 19.8 Å². The fourth-order valence-electron chi connectivity index (χ4n) is 6.32. The molecule has 1 amide bonds. The normalized spacial score (nSPS) is 21.5. The molecule has 1 N–H and O–H groups in total. The Bertz CT molecular complexity index is 1530. The summed E-state index contributed by atoms with van der Waals surface area (Å²) in [7, 11) is 2.06.